The van der Waals surface area contributed by atoms with Crippen LogP contribution in [0.5, 0.6) is 0 Å². The summed E-state index contributed by atoms with van der Waals surface area (Å²) in [5, 5.41) is 6.92. The van der Waals surface area contributed by atoms with Crippen LogP contribution in [-0.2, 0) is 13.0 Å². The summed E-state index contributed by atoms with van der Waals surface area (Å²) in [5.74, 6) is 0. The predicted octanol–water partition coefficient (Wildman–Crippen LogP) is 3.60. The number of thiazole rings is 1. The molecule has 1 heterocycles. The molecule has 1 fully saturated rings. The average molecular weight is 272 g/mol. The van der Waals surface area contributed by atoms with Crippen LogP contribution in [0.2, 0.25) is 0 Å². The maximum atomic E-state index is 4.72. The molecule has 1 N–H and O–H groups in total. The Bertz CT molecular complexity index is 550. The predicted molar refractivity (Wildman–Crippen MR) is 80.7 cm³/mol. The third-order valence-corrected chi connectivity index (χ3v) is 4.28. The Balaban J connectivity index is 1.65. The quantitative estimate of drug-likeness (QED) is 0.899. The normalized spacial score (nSPS) is 14.8. The van der Waals surface area contributed by atoms with Gasteiger partial charge in [0.15, 0.2) is 0 Å². The maximum absolute atomic E-state index is 4.72. The first-order chi connectivity index (χ1) is 9.19. The van der Waals surface area contributed by atoms with Crippen molar-refractivity contribution in [2.24, 2.45) is 0 Å². The van der Waals surface area contributed by atoms with E-state index in [4.69, 9.17) is 4.98 Å². The van der Waals surface area contributed by atoms with Crippen LogP contribution in [0.4, 0.5) is 0 Å². The number of aryl methyl sites for hydroxylation is 2. The molecule has 1 aromatic heterocycles. The van der Waals surface area contributed by atoms with E-state index < -0.39 is 0 Å². The third-order valence-electron chi connectivity index (χ3n) is 3.39. The number of nitrogens with zero attached hydrogens (tertiary/aromatic N) is 1. The lowest BCUT2D eigenvalue weighted by Gasteiger charge is -2.03. The van der Waals surface area contributed by atoms with Gasteiger partial charge in [0.2, 0.25) is 0 Å². The highest BCUT2D eigenvalue weighted by Crippen LogP contribution is 2.20. The molecule has 2 nitrogen and oxygen atoms in total. The lowest BCUT2D eigenvalue weighted by molar-refractivity contribution is 0.676. The minimum Gasteiger partial charge on any atom is -0.308 e. The zero-order valence-corrected chi connectivity index (χ0v) is 12.4. The van der Waals surface area contributed by atoms with Crippen LogP contribution in [-0.4, -0.2) is 11.0 Å². The molecule has 1 aliphatic rings. The van der Waals surface area contributed by atoms with E-state index in [1.807, 2.05) is 0 Å². The largest absolute Gasteiger partial charge is 0.308 e. The van der Waals surface area contributed by atoms with Crippen molar-refractivity contribution in [2.75, 3.05) is 0 Å². The van der Waals surface area contributed by atoms with Gasteiger partial charge in [-0.2, -0.15) is 0 Å². The van der Waals surface area contributed by atoms with Crippen molar-refractivity contribution in [3.63, 3.8) is 0 Å². The molecule has 19 heavy (non-hydrogen) atoms. The Morgan fingerprint density at radius 1 is 1.21 bits per heavy atom. The first kappa shape index (κ1) is 12.8. The summed E-state index contributed by atoms with van der Waals surface area (Å²) in [6.07, 6.45) is 3.62. The molecule has 1 aromatic carbocycles. The van der Waals surface area contributed by atoms with Gasteiger partial charge in [0, 0.05) is 24.4 Å². The summed E-state index contributed by atoms with van der Waals surface area (Å²) in [5.41, 5.74) is 5.23. The Kier molecular flexibility index (Phi) is 3.67. The van der Waals surface area contributed by atoms with Gasteiger partial charge >= 0.3 is 0 Å². The fourth-order valence-corrected chi connectivity index (χ4v) is 3.22. The van der Waals surface area contributed by atoms with Crippen molar-refractivity contribution in [3.8, 4) is 0 Å². The lowest BCUT2D eigenvalue weighted by Crippen LogP contribution is -2.15. The zero-order valence-electron chi connectivity index (χ0n) is 11.6. The molecule has 0 amide bonds. The molecule has 100 valence electrons. The second kappa shape index (κ2) is 5.43. The molecule has 2 aromatic rings. The second-order valence-electron chi connectivity index (χ2n) is 5.56. The molecule has 0 spiro atoms. The molecule has 0 aliphatic heterocycles. The summed E-state index contributed by atoms with van der Waals surface area (Å²) < 4.78 is 0. The molecule has 0 unspecified atom stereocenters. The van der Waals surface area contributed by atoms with E-state index in [-0.39, 0.29) is 0 Å². The van der Waals surface area contributed by atoms with Crippen molar-refractivity contribution in [3.05, 3.63) is 51.0 Å². The number of nitrogens with one attached hydrogen (secondary N) is 1. The van der Waals surface area contributed by atoms with Crippen LogP contribution in [0.15, 0.2) is 23.6 Å². The molecular formula is C16H20N2S. The van der Waals surface area contributed by atoms with E-state index in [1.165, 1.54) is 40.2 Å². The fourth-order valence-electron chi connectivity index (χ4n) is 2.39. The van der Waals surface area contributed by atoms with Gasteiger partial charge in [0.25, 0.3) is 0 Å². The molecule has 3 heteroatoms. The van der Waals surface area contributed by atoms with E-state index in [2.05, 4.69) is 42.7 Å². The summed E-state index contributed by atoms with van der Waals surface area (Å²) >= 11 is 1.78. The number of hydrogen-bond donors (Lipinski definition) is 1. The van der Waals surface area contributed by atoms with Crippen molar-refractivity contribution in [1.82, 2.24) is 10.3 Å². The molecule has 0 radical (unpaired) electrons. The van der Waals surface area contributed by atoms with Gasteiger partial charge in [0.1, 0.15) is 0 Å². The lowest BCUT2D eigenvalue weighted by atomic mass is 10.1. The van der Waals surface area contributed by atoms with Gasteiger partial charge in [-0.25, -0.2) is 4.98 Å². The molecule has 1 saturated carbocycles. The van der Waals surface area contributed by atoms with Gasteiger partial charge < -0.3 is 5.32 Å². The Morgan fingerprint density at radius 3 is 2.63 bits per heavy atom. The standard InChI is InChI=1S/C16H20N2S/c1-11-5-12(2)7-13(6-11)8-16-18-15(10-19-16)9-17-14-3-4-14/h5-7,10,14,17H,3-4,8-9H2,1-2H3. The van der Waals surface area contributed by atoms with Gasteiger partial charge in [-0.05, 0) is 32.3 Å². The molecular weight excluding hydrogens is 252 g/mol. The van der Waals surface area contributed by atoms with E-state index in [9.17, 15) is 0 Å². The van der Waals surface area contributed by atoms with Crippen LogP contribution in [0.25, 0.3) is 0 Å². The topological polar surface area (TPSA) is 24.9 Å². The van der Waals surface area contributed by atoms with Crippen LogP contribution < -0.4 is 5.32 Å². The maximum Gasteiger partial charge on any atom is 0.0972 e. The van der Waals surface area contributed by atoms with E-state index in [1.54, 1.807) is 11.3 Å². The number of aromatic nitrogens is 1. The van der Waals surface area contributed by atoms with Gasteiger partial charge in [-0.3, -0.25) is 0 Å². The summed E-state index contributed by atoms with van der Waals surface area (Å²) in [4.78, 5) is 4.72. The first-order valence-electron chi connectivity index (χ1n) is 6.93. The Hall–Kier alpha value is -1.19. The Labute approximate surface area is 118 Å². The molecule has 0 bridgehead atoms. The summed E-state index contributed by atoms with van der Waals surface area (Å²) in [7, 11) is 0. The van der Waals surface area contributed by atoms with Crippen LogP contribution in [0.3, 0.4) is 0 Å². The number of hydrogen-bond acceptors (Lipinski definition) is 3. The monoisotopic (exact) mass is 272 g/mol. The Morgan fingerprint density at radius 2 is 1.95 bits per heavy atom. The smallest absolute Gasteiger partial charge is 0.0972 e. The first-order valence-corrected chi connectivity index (χ1v) is 7.81. The van der Waals surface area contributed by atoms with Crippen LogP contribution in [0, 0.1) is 13.8 Å². The van der Waals surface area contributed by atoms with Crippen molar-refractivity contribution in [2.45, 2.75) is 45.7 Å². The summed E-state index contributed by atoms with van der Waals surface area (Å²) in [6, 6.07) is 7.49. The number of benzene rings is 1. The van der Waals surface area contributed by atoms with Crippen molar-refractivity contribution in [1.29, 1.82) is 0 Å². The minimum absolute atomic E-state index is 0.754. The highest BCUT2D eigenvalue weighted by molar-refractivity contribution is 7.09. The van der Waals surface area contributed by atoms with Crippen molar-refractivity contribution >= 4 is 11.3 Å². The summed E-state index contributed by atoms with van der Waals surface area (Å²) in [6.45, 7) is 5.24. The van der Waals surface area contributed by atoms with Crippen LogP contribution in [0.1, 0.15) is 40.2 Å². The van der Waals surface area contributed by atoms with Gasteiger partial charge in [0.05, 0.1) is 10.7 Å². The highest BCUT2D eigenvalue weighted by Gasteiger charge is 2.20. The van der Waals surface area contributed by atoms with Crippen LogP contribution >= 0.6 is 11.3 Å². The van der Waals surface area contributed by atoms with E-state index in [0.29, 0.717) is 0 Å². The van der Waals surface area contributed by atoms with Gasteiger partial charge in [-0.15, -0.1) is 11.3 Å². The van der Waals surface area contributed by atoms with E-state index >= 15 is 0 Å². The third kappa shape index (κ3) is 3.64. The van der Waals surface area contributed by atoms with Crippen molar-refractivity contribution < 1.29 is 0 Å². The molecule has 3 rings (SSSR count). The van der Waals surface area contributed by atoms with Gasteiger partial charge in [-0.1, -0.05) is 29.3 Å². The number of rotatable bonds is 5. The average Bonchev–Trinajstić information content (AvgIpc) is 3.06. The molecule has 1 aliphatic carbocycles. The molecule has 0 atom stereocenters. The van der Waals surface area contributed by atoms with E-state index in [0.717, 1.165) is 19.0 Å². The SMILES string of the molecule is Cc1cc(C)cc(Cc2nc(CNC3CC3)cs2)c1. The fraction of sp³-hybridized carbons (Fsp3) is 0.438. The highest BCUT2D eigenvalue weighted by atomic mass is 32.1. The second-order valence-corrected chi connectivity index (χ2v) is 6.50. The molecule has 0 saturated heterocycles. The minimum atomic E-state index is 0.754. The zero-order chi connectivity index (χ0) is 13.2.